The predicted octanol–water partition coefficient (Wildman–Crippen LogP) is 3.19. The fourth-order valence-electron chi connectivity index (χ4n) is 3.22. The van der Waals surface area contributed by atoms with Gasteiger partial charge in [0.25, 0.3) is 0 Å². The number of hydrogen-bond donors (Lipinski definition) is 1. The molecule has 2 heterocycles. The minimum atomic E-state index is -0.0936. The summed E-state index contributed by atoms with van der Waals surface area (Å²) in [5, 5.41) is 4.92. The molecule has 6 nitrogen and oxygen atoms in total. The number of thiophene rings is 1. The number of anilines is 1. The molecule has 1 aliphatic heterocycles. The second-order valence-electron chi connectivity index (χ2n) is 6.47. The summed E-state index contributed by atoms with van der Waals surface area (Å²) in [6, 6.07) is 9.24. The molecule has 1 aliphatic rings. The third-order valence-electron chi connectivity index (χ3n) is 4.78. The van der Waals surface area contributed by atoms with Gasteiger partial charge in [0.05, 0.1) is 20.6 Å². The van der Waals surface area contributed by atoms with Crippen molar-refractivity contribution < 1.29 is 19.1 Å². The molecule has 144 valence electrons. The lowest BCUT2D eigenvalue weighted by Gasteiger charge is -2.31. The maximum Gasteiger partial charge on any atom is 0.227 e. The number of hydrogen-bond acceptors (Lipinski definition) is 5. The molecule has 1 aromatic heterocycles. The normalized spacial score (nSPS) is 14.7. The Balaban J connectivity index is 1.52. The summed E-state index contributed by atoms with van der Waals surface area (Å²) in [5.41, 5.74) is 0.675. The summed E-state index contributed by atoms with van der Waals surface area (Å²) in [6.45, 7) is 1.24. The van der Waals surface area contributed by atoms with E-state index in [0.29, 0.717) is 49.5 Å². The van der Waals surface area contributed by atoms with Crippen LogP contribution in [0.15, 0.2) is 35.7 Å². The van der Waals surface area contributed by atoms with Crippen LogP contribution in [0.1, 0.15) is 17.7 Å². The summed E-state index contributed by atoms with van der Waals surface area (Å²) in [4.78, 5) is 27.9. The molecule has 0 spiro atoms. The highest BCUT2D eigenvalue weighted by Crippen LogP contribution is 2.30. The number of likely N-dealkylation sites (tertiary alicyclic amines) is 1. The van der Waals surface area contributed by atoms with Gasteiger partial charge in [-0.2, -0.15) is 0 Å². The first kappa shape index (κ1) is 19.2. The average Bonchev–Trinajstić information content (AvgIpc) is 3.21. The van der Waals surface area contributed by atoms with E-state index in [1.54, 1.807) is 43.8 Å². The van der Waals surface area contributed by atoms with Gasteiger partial charge in [-0.25, -0.2) is 0 Å². The van der Waals surface area contributed by atoms with Gasteiger partial charge in [0.2, 0.25) is 11.8 Å². The van der Waals surface area contributed by atoms with Gasteiger partial charge in [-0.15, -0.1) is 11.3 Å². The number of carbonyl (C=O) groups is 2. The van der Waals surface area contributed by atoms with Crippen LogP contribution >= 0.6 is 11.3 Å². The van der Waals surface area contributed by atoms with E-state index in [1.807, 2.05) is 22.4 Å². The Hall–Kier alpha value is -2.54. The zero-order valence-electron chi connectivity index (χ0n) is 15.6. The fraction of sp³-hybridized carbons (Fsp3) is 0.400. The molecule has 0 saturated carbocycles. The highest BCUT2D eigenvalue weighted by molar-refractivity contribution is 7.10. The van der Waals surface area contributed by atoms with E-state index < -0.39 is 0 Å². The van der Waals surface area contributed by atoms with Crippen molar-refractivity contribution >= 4 is 28.8 Å². The molecule has 1 fully saturated rings. The van der Waals surface area contributed by atoms with Crippen LogP contribution in [0.25, 0.3) is 0 Å². The Kier molecular flexibility index (Phi) is 6.34. The molecular formula is C20H24N2O4S. The maximum absolute atomic E-state index is 12.6. The number of rotatable bonds is 6. The van der Waals surface area contributed by atoms with Gasteiger partial charge in [0.1, 0.15) is 0 Å². The molecule has 2 aromatic rings. The number of nitrogens with zero attached hydrogens (tertiary/aromatic N) is 1. The SMILES string of the molecule is COc1ccc(NC(=O)C2CCN(C(=O)Cc3cccs3)CC2)cc1OC. The molecule has 0 atom stereocenters. The summed E-state index contributed by atoms with van der Waals surface area (Å²) in [7, 11) is 3.13. The fourth-order valence-corrected chi connectivity index (χ4v) is 3.92. The van der Waals surface area contributed by atoms with Crippen LogP contribution in [0.3, 0.4) is 0 Å². The van der Waals surface area contributed by atoms with E-state index in [2.05, 4.69) is 5.32 Å². The molecule has 2 amide bonds. The van der Waals surface area contributed by atoms with Crippen LogP contribution in [-0.4, -0.2) is 44.0 Å². The molecule has 1 aromatic carbocycles. The lowest BCUT2D eigenvalue weighted by molar-refractivity contribution is -0.133. The molecule has 0 radical (unpaired) electrons. The molecule has 0 aliphatic carbocycles. The number of carbonyl (C=O) groups excluding carboxylic acids is 2. The van der Waals surface area contributed by atoms with Crippen molar-refractivity contribution in [2.24, 2.45) is 5.92 Å². The predicted molar refractivity (Wildman–Crippen MR) is 106 cm³/mol. The maximum atomic E-state index is 12.6. The first-order valence-electron chi connectivity index (χ1n) is 8.93. The topological polar surface area (TPSA) is 67.9 Å². The van der Waals surface area contributed by atoms with Crippen LogP contribution < -0.4 is 14.8 Å². The quantitative estimate of drug-likeness (QED) is 0.825. The smallest absolute Gasteiger partial charge is 0.227 e. The van der Waals surface area contributed by atoms with Gasteiger partial charge in [0.15, 0.2) is 11.5 Å². The molecule has 1 N–H and O–H groups in total. The molecule has 27 heavy (non-hydrogen) atoms. The summed E-state index contributed by atoms with van der Waals surface area (Å²) in [5.74, 6) is 1.21. The highest BCUT2D eigenvalue weighted by atomic mass is 32.1. The molecule has 7 heteroatoms. The lowest BCUT2D eigenvalue weighted by atomic mass is 9.95. The van der Waals surface area contributed by atoms with Gasteiger partial charge in [0, 0.05) is 35.6 Å². The van der Waals surface area contributed by atoms with Gasteiger partial charge in [-0.3, -0.25) is 9.59 Å². The van der Waals surface area contributed by atoms with E-state index in [0.717, 1.165) is 4.88 Å². The zero-order chi connectivity index (χ0) is 19.2. The van der Waals surface area contributed by atoms with E-state index in [9.17, 15) is 9.59 Å². The van der Waals surface area contributed by atoms with E-state index in [-0.39, 0.29) is 17.7 Å². The summed E-state index contributed by atoms with van der Waals surface area (Å²) >= 11 is 1.60. The first-order chi connectivity index (χ1) is 13.1. The highest BCUT2D eigenvalue weighted by Gasteiger charge is 2.27. The number of ether oxygens (including phenoxy) is 2. The van der Waals surface area contributed by atoms with Gasteiger partial charge >= 0.3 is 0 Å². The minimum Gasteiger partial charge on any atom is -0.493 e. The Bertz CT molecular complexity index is 783. The van der Waals surface area contributed by atoms with Crippen LogP contribution in [0, 0.1) is 5.92 Å². The Morgan fingerprint density at radius 2 is 1.89 bits per heavy atom. The van der Waals surface area contributed by atoms with Gasteiger partial charge < -0.3 is 19.7 Å². The molecule has 0 unspecified atom stereocenters. The third-order valence-corrected chi connectivity index (χ3v) is 5.65. The van der Waals surface area contributed by atoms with Crippen molar-refractivity contribution in [1.29, 1.82) is 0 Å². The van der Waals surface area contributed by atoms with Crippen molar-refractivity contribution in [3.8, 4) is 11.5 Å². The van der Waals surface area contributed by atoms with E-state index in [1.165, 1.54) is 0 Å². The van der Waals surface area contributed by atoms with Crippen molar-refractivity contribution in [2.75, 3.05) is 32.6 Å². The number of nitrogens with one attached hydrogen (secondary N) is 1. The number of methoxy groups -OCH3 is 2. The number of benzene rings is 1. The zero-order valence-corrected chi connectivity index (χ0v) is 16.4. The van der Waals surface area contributed by atoms with Gasteiger partial charge in [-0.1, -0.05) is 6.07 Å². The van der Waals surface area contributed by atoms with Crippen LogP contribution in [0.2, 0.25) is 0 Å². The van der Waals surface area contributed by atoms with Crippen LogP contribution in [0.4, 0.5) is 5.69 Å². The molecule has 3 rings (SSSR count). The van der Waals surface area contributed by atoms with Crippen LogP contribution in [-0.2, 0) is 16.0 Å². The van der Waals surface area contributed by atoms with Crippen molar-refractivity contribution in [1.82, 2.24) is 4.90 Å². The lowest BCUT2D eigenvalue weighted by Crippen LogP contribution is -2.42. The third kappa shape index (κ3) is 4.80. The van der Waals surface area contributed by atoms with Gasteiger partial charge in [-0.05, 0) is 36.4 Å². The molecular weight excluding hydrogens is 364 g/mol. The average molecular weight is 388 g/mol. The Labute approximate surface area is 163 Å². The number of piperidine rings is 1. The number of amides is 2. The largest absolute Gasteiger partial charge is 0.493 e. The molecule has 1 saturated heterocycles. The van der Waals surface area contributed by atoms with E-state index in [4.69, 9.17) is 9.47 Å². The van der Waals surface area contributed by atoms with E-state index >= 15 is 0 Å². The van der Waals surface area contributed by atoms with Crippen LogP contribution in [0.5, 0.6) is 11.5 Å². The monoisotopic (exact) mass is 388 g/mol. The second-order valence-corrected chi connectivity index (χ2v) is 7.50. The van der Waals surface area contributed by atoms with Crippen molar-refractivity contribution in [2.45, 2.75) is 19.3 Å². The van der Waals surface area contributed by atoms with Crippen molar-refractivity contribution in [3.63, 3.8) is 0 Å². The second kappa shape index (κ2) is 8.90. The summed E-state index contributed by atoms with van der Waals surface area (Å²) in [6.07, 6.45) is 1.80. The first-order valence-corrected chi connectivity index (χ1v) is 9.81. The molecule has 0 bridgehead atoms. The Morgan fingerprint density at radius 3 is 2.52 bits per heavy atom. The summed E-state index contributed by atoms with van der Waals surface area (Å²) < 4.78 is 10.5. The van der Waals surface area contributed by atoms with Crippen molar-refractivity contribution in [3.05, 3.63) is 40.6 Å². The Morgan fingerprint density at radius 1 is 1.15 bits per heavy atom. The minimum absolute atomic E-state index is 0.0208. The standard InChI is InChI=1S/C20H24N2O4S/c1-25-17-6-5-15(12-18(17)26-2)21-20(24)14-7-9-22(10-8-14)19(23)13-16-4-3-11-27-16/h3-6,11-12,14H,7-10,13H2,1-2H3,(H,21,24).